The summed E-state index contributed by atoms with van der Waals surface area (Å²) >= 11 is 0. The first-order chi connectivity index (χ1) is 8.76. The zero-order chi connectivity index (χ0) is 13.0. The molecule has 2 rings (SSSR count). The van der Waals surface area contributed by atoms with E-state index in [2.05, 4.69) is 9.97 Å². The molecular formula is C13H12N2O3. The summed E-state index contributed by atoms with van der Waals surface area (Å²) in [7, 11) is 3.06. The van der Waals surface area contributed by atoms with Crippen molar-refractivity contribution >= 4 is 6.29 Å². The maximum Gasteiger partial charge on any atom is 0.316 e. The topological polar surface area (TPSA) is 61.3 Å². The molecule has 2 aromatic rings. The van der Waals surface area contributed by atoms with Gasteiger partial charge in [0.15, 0.2) is 0 Å². The number of aromatic nitrogens is 2. The Hall–Kier alpha value is -2.43. The zero-order valence-corrected chi connectivity index (χ0v) is 10.1. The van der Waals surface area contributed by atoms with Crippen LogP contribution in [0.15, 0.2) is 30.6 Å². The van der Waals surface area contributed by atoms with Crippen LogP contribution in [0.2, 0.25) is 0 Å². The Labute approximate surface area is 104 Å². The Morgan fingerprint density at radius 1 is 1.00 bits per heavy atom. The molecule has 0 N–H and O–H groups in total. The second-order valence-electron chi connectivity index (χ2n) is 3.57. The number of aldehydes is 1. The molecule has 18 heavy (non-hydrogen) atoms. The molecule has 5 heteroatoms. The molecule has 0 atom stereocenters. The lowest BCUT2D eigenvalue weighted by Crippen LogP contribution is -1.93. The van der Waals surface area contributed by atoms with Gasteiger partial charge < -0.3 is 9.47 Å². The van der Waals surface area contributed by atoms with E-state index in [-0.39, 0.29) is 0 Å². The van der Waals surface area contributed by atoms with Gasteiger partial charge in [-0.1, -0.05) is 0 Å². The number of carbonyl (C=O) groups excluding carboxylic acids is 1. The van der Waals surface area contributed by atoms with Crippen LogP contribution in [-0.2, 0) is 0 Å². The van der Waals surface area contributed by atoms with Gasteiger partial charge in [-0.05, 0) is 23.8 Å². The summed E-state index contributed by atoms with van der Waals surface area (Å²) in [6.45, 7) is 0. The third kappa shape index (κ3) is 2.45. The first-order valence-electron chi connectivity index (χ1n) is 5.27. The molecule has 0 spiro atoms. The van der Waals surface area contributed by atoms with E-state index in [0.717, 1.165) is 17.4 Å². The third-order valence-electron chi connectivity index (χ3n) is 2.44. The normalized spacial score (nSPS) is 9.89. The van der Waals surface area contributed by atoms with Crippen molar-refractivity contribution < 1.29 is 14.3 Å². The number of ether oxygens (including phenoxy) is 2. The summed E-state index contributed by atoms with van der Waals surface area (Å²) in [5, 5.41) is 0. The van der Waals surface area contributed by atoms with Crippen LogP contribution in [0.25, 0.3) is 11.1 Å². The van der Waals surface area contributed by atoms with Crippen molar-refractivity contribution in [2.75, 3.05) is 14.2 Å². The molecule has 0 aliphatic carbocycles. The molecule has 0 saturated carbocycles. The van der Waals surface area contributed by atoms with Crippen LogP contribution < -0.4 is 9.47 Å². The van der Waals surface area contributed by atoms with Gasteiger partial charge in [0, 0.05) is 23.5 Å². The van der Waals surface area contributed by atoms with Crippen molar-refractivity contribution in [1.82, 2.24) is 9.97 Å². The van der Waals surface area contributed by atoms with E-state index in [1.165, 1.54) is 7.11 Å². The van der Waals surface area contributed by atoms with Gasteiger partial charge in [0.25, 0.3) is 0 Å². The van der Waals surface area contributed by atoms with E-state index >= 15 is 0 Å². The van der Waals surface area contributed by atoms with Crippen molar-refractivity contribution in [1.29, 1.82) is 0 Å². The Kier molecular flexibility index (Phi) is 3.52. The van der Waals surface area contributed by atoms with E-state index in [4.69, 9.17) is 9.47 Å². The van der Waals surface area contributed by atoms with Gasteiger partial charge in [-0.25, -0.2) is 9.97 Å². The van der Waals surface area contributed by atoms with Crippen LogP contribution in [0.3, 0.4) is 0 Å². The molecular weight excluding hydrogens is 232 g/mol. The van der Waals surface area contributed by atoms with Crippen LogP contribution in [0.1, 0.15) is 10.4 Å². The molecule has 0 aliphatic rings. The van der Waals surface area contributed by atoms with Crippen molar-refractivity contribution in [2.45, 2.75) is 0 Å². The van der Waals surface area contributed by atoms with Crippen molar-refractivity contribution in [3.05, 3.63) is 36.2 Å². The highest BCUT2D eigenvalue weighted by Crippen LogP contribution is 2.25. The van der Waals surface area contributed by atoms with E-state index in [0.29, 0.717) is 17.3 Å². The van der Waals surface area contributed by atoms with Gasteiger partial charge in [-0.3, -0.25) is 4.79 Å². The van der Waals surface area contributed by atoms with Gasteiger partial charge in [0.1, 0.15) is 12.0 Å². The number of nitrogens with zero attached hydrogens (tertiary/aromatic N) is 2. The SMILES string of the molecule is COc1cc(C=O)cc(-c2cnc(OC)nc2)c1. The molecule has 0 unspecified atom stereocenters. The molecule has 1 aromatic carbocycles. The number of methoxy groups -OCH3 is 2. The average Bonchev–Trinajstić information content (AvgIpc) is 2.46. The molecule has 0 bridgehead atoms. The zero-order valence-electron chi connectivity index (χ0n) is 10.1. The van der Waals surface area contributed by atoms with Crippen molar-refractivity contribution in [3.63, 3.8) is 0 Å². The summed E-state index contributed by atoms with van der Waals surface area (Å²) in [6, 6.07) is 5.54. The van der Waals surface area contributed by atoms with Crippen LogP contribution >= 0.6 is 0 Å². The van der Waals surface area contributed by atoms with Crippen LogP contribution in [-0.4, -0.2) is 30.5 Å². The number of benzene rings is 1. The Bertz CT molecular complexity index is 553. The quantitative estimate of drug-likeness (QED) is 0.769. The molecule has 1 heterocycles. The largest absolute Gasteiger partial charge is 0.497 e. The maximum atomic E-state index is 10.9. The van der Waals surface area contributed by atoms with Crippen LogP contribution in [0, 0.1) is 0 Å². The minimum Gasteiger partial charge on any atom is -0.497 e. The fourth-order valence-electron chi connectivity index (χ4n) is 1.55. The summed E-state index contributed by atoms with van der Waals surface area (Å²) in [5.41, 5.74) is 2.15. The number of hydrogen-bond acceptors (Lipinski definition) is 5. The molecule has 0 aliphatic heterocycles. The summed E-state index contributed by atoms with van der Waals surface area (Å²) < 4.78 is 10.0. The standard InChI is InChI=1S/C13H12N2O3/c1-17-12-4-9(8-16)3-10(5-12)11-6-14-13(18-2)15-7-11/h3-8H,1-2H3. The highest BCUT2D eigenvalue weighted by atomic mass is 16.5. The van der Waals surface area contributed by atoms with E-state index < -0.39 is 0 Å². The summed E-state index contributed by atoms with van der Waals surface area (Å²) in [6.07, 6.45) is 4.04. The van der Waals surface area contributed by atoms with Gasteiger partial charge in [-0.15, -0.1) is 0 Å². The summed E-state index contributed by atoms with van der Waals surface area (Å²) in [5.74, 6) is 0.616. The van der Waals surface area contributed by atoms with Crippen LogP contribution in [0.4, 0.5) is 0 Å². The second kappa shape index (κ2) is 5.27. The Balaban J connectivity index is 2.44. The Morgan fingerprint density at radius 2 is 1.72 bits per heavy atom. The average molecular weight is 244 g/mol. The fraction of sp³-hybridized carbons (Fsp3) is 0.154. The highest BCUT2D eigenvalue weighted by molar-refractivity contribution is 5.80. The van der Waals surface area contributed by atoms with Crippen LogP contribution in [0.5, 0.6) is 11.8 Å². The van der Waals surface area contributed by atoms with E-state index in [1.807, 2.05) is 6.07 Å². The highest BCUT2D eigenvalue weighted by Gasteiger charge is 2.05. The monoisotopic (exact) mass is 244 g/mol. The molecule has 0 radical (unpaired) electrons. The van der Waals surface area contributed by atoms with Gasteiger partial charge in [-0.2, -0.15) is 0 Å². The van der Waals surface area contributed by atoms with E-state index in [9.17, 15) is 4.79 Å². The lowest BCUT2D eigenvalue weighted by Gasteiger charge is -2.06. The van der Waals surface area contributed by atoms with Gasteiger partial charge >= 0.3 is 6.01 Å². The summed E-state index contributed by atoms with van der Waals surface area (Å²) in [4.78, 5) is 18.9. The minimum atomic E-state index is 0.303. The number of rotatable bonds is 4. The lowest BCUT2D eigenvalue weighted by molar-refractivity contribution is 0.112. The second-order valence-corrected chi connectivity index (χ2v) is 3.57. The molecule has 0 saturated heterocycles. The maximum absolute atomic E-state index is 10.9. The Morgan fingerprint density at radius 3 is 2.28 bits per heavy atom. The number of carbonyl (C=O) groups is 1. The molecule has 0 fully saturated rings. The first-order valence-corrected chi connectivity index (χ1v) is 5.27. The molecule has 1 aromatic heterocycles. The predicted molar refractivity (Wildman–Crippen MR) is 66.0 cm³/mol. The van der Waals surface area contributed by atoms with E-state index in [1.54, 1.807) is 31.6 Å². The molecule has 92 valence electrons. The third-order valence-corrected chi connectivity index (χ3v) is 2.44. The smallest absolute Gasteiger partial charge is 0.316 e. The minimum absolute atomic E-state index is 0.303. The van der Waals surface area contributed by atoms with Gasteiger partial charge in [0.05, 0.1) is 14.2 Å². The van der Waals surface area contributed by atoms with Crippen molar-refractivity contribution in [3.8, 4) is 22.9 Å². The predicted octanol–water partition coefficient (Wildman–Crippen LogP) is 1.97. The van der Waals surface area contributed by atoms with Crippen molar-refractivity contribution in [2.24, 2.45) is 0 Å². The fourth-order valence-corrected chi connectivity index (χ4v) is 1.55. The molecule has 0 amide bonds. The molecule has 5 nitrogen and oxygen atoms in total. The van der Waals surface area contributed by atoms with Gasteiger partial charge in [0.2, 0.25) is 0 Å². The lowest BCUT2D eigenvalue weighted by atomic mass is 10.1. The first kappa shape index (κ1) is 12.0. The number of hydrogen-bond donors (Lipinski definition) is 0.